The van der Waals surface area contributed by atoms with Gasteiger partial charge >= 0.3 is 0 Å². The zero-order chi connectivity index (χ0) is 15.1. The van der Waals surface area contributed by atoms with E-state index < -0.39 is 0 Å². The van der Waals surface area contributed by atoms with E-state index in [0.29, 0.717) is 6.54 Å². The summed E-state index contributed by atoms with van der Waals surface area (Å²) in [7, 11) is 0. The van der Waals surface area contributed by atoms with E-state index in [1.165, 1.54) is 56.3 Å². The van der Waals surface area contributed by atoms with Crippen LogP contribution in [0.2, 0.25) is 0 Å². The average molecular weight is 288 g/mol. The molecule has 0 aromatic heterocycles. The van der Waals surface area contributed by atoms with Crippen LogP contribution in [0, 0.1) is 5.92 Å². The standard InChI is InChI=1S/C19H32N2/c1-16(2)11-13-21(19-9-5-6-10-19)14-12-17-7-3-4-8-18(17)15-20/h3-4,7-8,16,19H,5-6,9-15,20H2,1-2H3. The quantitative estimate of drug-likeness (QED) is 0.784. The SMILES string of the molecule is CC(C)CCN(CCc1ccccc1CN)C1CCCC1. The summed E-state index contributed by atoms with van der Waals surface area (Å²) in [4.78, 5) is 2.75. The molecule has 1 aromatic carbocycles. The molecule has 21 heavy (non-hydrogen) atoms. The van der Waals surface area contributed by atoms with Crippen LogP contribution in [-0.4, -0.2) is 24.0 Å². The molecule has 2 nitrogen and oxygen atoms in total. The predicted octanol–water partition coefficient (Wildman–Crippen LogP) is 3.98. The van der Waals surface area contributed by atoms with Crippen molar-refractivity contribution < 1.29 is 0 Å². The second kappa shape index (κ2) is 8.55. The van der Waals surface area contributed by atoms with Crippen LogP contribution < -0.4 is 5.73 Å². The maximum atomic E-state index is 5.86. The molecule has 0 atom stereocenters. The van der Waals surface area contributed by atoms with Crippen molar-refractivity contribution in [1.82, 2.24) is 4.90 Å². The van der Waals surface area contributed by atoms with E-state index >= 15 is 0 Å². The predicted molar refractivity (Wildman–Crippen MR) is 91.3 cm³/mol. The van der Waals surface area contributed by atoms with Crippen molar-refractivity contribution in [2.24, 2.45) is 11.7 Å². The first kappa shape index (κ1) is 16.5. The third-order valence-electron chi connectivity index (χ3n) is 4.84. The van der Waals surface area contributed by atoms with Gasteiger partial charge in [-0.15, -0.1) is 0 Å². The number of nitrogens with two attached hydrogens (primary N) is 1. The Kier molecular flexibility index (Phi) is 6.72. The highest BCUT2D eigenvalue weighted by atomic mass is 15.2. The van der Waals surface area contributed by atoms with Gasteiger partial charge in [-0.25, -0.2) is 0 Å². The van der Waals surface area contributed by atoms with Crippen LogP contribution in [0.25, 0.3) is 0 Å². The van der Waals surface area contributed by atoms with Gasteiger partial charge in [0, 0.05) is 19.1 Å². The van der Waals surface area contributed by atoms with Gasteiger partial charge in [-0.05, 0) is 49.3 Å². The maximum absolute atomic E-state index is 5.86. The molecule has 1 aliphatic rings. The van der Waals surface area contributed by atoms with Crippen LogP contribution in [0.3, 0.4) is 0 Å². The Morgan fingerprint density at radius 3 is 2.38 bits per heavy atom. The summed E-state index contributed by atoms with van der Waals surface area (Å²) in [5, 5.41) is 0. The molecule has 0 radical (unpaired) electrons. The topological polar surface area (TPSA) is 29.3 Å². The first-order valence-electron chi connectivity index (χ1n) is 8.71. The molecular formula is C19H32N2. The average Bonchev–Trinajstić information content (AvgIpc) is 3.01. The van der Waals surface area contributed by atoms with Gasteiger partial charge in [-0.1, -0.05) is 51.0 Å². The lowest BCUT2D eigenvalue weighted by molar-refractivity contribution is 0.190. The highest BCUT2D eigenvalue weighted by Gasteiger charge is 2.22. The summed E-state index contributed by atoms with van der Waals surface area (Å²) >= 11 is 0. The minimum atomic E-state index is 0.658. The molecule has 0 saturated heterocycles. The molecule has 0 heterocycles. The van der Waals surface area contributed by atoms with Gasteiger partial charge in [0.2, 0.25) is 0 Å². The van der Waals surface area contributed by atoms with Crippen molar-refractivity contribution in [2.75, 3.05) is 13.1 Å². The molecule has 0 unspecified atom stereocenters. The summed E-state index contributed by atoms with van der Waals surface area (Å²) in [6, 6.07) is 9.48. The molecule has 1 aromatic rings. The number of rotatable bonds is 8. The molecule has 0 spiro atoms. The highest BCUT2D eigenvalue weighted by Crippen LogP contribution is 2.24. The second-order valence-electron chi connectivity index (χ2n) is 6.88. The molecule has 1 fully saturated rings. The van der Waals surface area contributed by atoms with Crippen LogP contribution >= 0.6 is 0 Å². The van der Waals surface area contributed by atoms with Crippen molar-refractivity contribution in [3.63, 3.8) is 0 Å². The van der Waals surface area contributed by atoms with Crippen molar-refractivity contribution in [3.8, 4) is 0 Å². The van der Waals surface area contributed by atoms with E-state index in [4.69, 9.17) is 5.73 Å². The van der Waals surface area contributed by atoms with E-state index in [0.717, 1.165) is 18.4 Å². The van der Waals surface area contributed by atoms with Crippen molar-refractivity contribution in [1.29, 1.82) is 0 Å². The van der Waals surface area contributed by atoms with E-state index in [1.54, 1.807) is 0 Å². The fourth-order valence-electron chi connectivity index (χ4n) is 3.43. The van der Waals surface area contributed by atoms with E-state index in [9.17, 15) is 0 Å². The molecule has 0 bridgehead atoms. The zero-order valence-electron chi connectivity index (χ0n) is 13.9. The summed E-state index contributed by atoms with van der Waals surface area (Å²) in [6.45, 7) is 7.76. The Morgan fingerprint density at radius 2 is 1.76 bits per heavy atom. The Hall–Kier alpha value is -0.860. The van der Waals surface area contributed by atoms with Crippen LogP contribution in [0.4, 0.5) is 0 Å². The summed E-state index contributed by atoms with van der Waals surface area (Å²) in [6.07, 6.45) is 8.09. The Labute approximate surface area is 130 Å². The number of hydrogen-bond acceptors (Lipinski definition) is 2. The number of nitrogens with zero attached hydrogens (tertiary/aromatic N) is 1. The molecular weight excluding hydrogens is 256 g/mol. The van der Waals surface area contributed by atoms with Crippen molar-refractivity contribution >= 4 is 0 Å². The molecule has 0 aliphatic heterocycles. The second-order valence-corrected chi connectivity index (χ2v) is 6.88. The van der Waals surface area contributed by atoms with Gasteiger partial charge in [-0.2, -0.15) is 0 Å². The Balaban J connectivity index is 1.94. The van der Waals surface area contributed by atoms with Crippen LogP contribution in [0.15, 0.2) is 24.3 Å². The summed E-state index contributed by atoms with van der Waals surface area (Å²) < 4.78 is 0. The van der Waals surface area contributed by atoms with E-state index in [-0.39, 0.29) is 0 Å². The third kappa shape index (κ3) is 5.12. The minimum Gasteiger partial charge on any atom is -0.326 e. The highest BCUT2D eigenvalue weighted by molar-refractivity contribution is 5.27. The molecule has 1 saturated carbocycles. The largest absolute Gasteiger partial charge is 0.326 e. The monoisotopic (exact) mass is 288 g/mol. The number of benzene rings is 1. The molecule has 118 valence electrons. The molecule has 0 amide bonds. The Morgan fingerprint density at radius 1 is 1.10 bits per heavy atom. The Bertz CT molecular complexity index is 408. The fraction of sp³-hybridized carbons (Fsp3) is 0.684. The normalized spacial score (nSPS) is 16.2. The van der Waals surface area contributed by atoms with Gasteiger partial charge < -0.3 is 10.6 Å². The molecule has 2 N–H and O–H groups in total. The van der Waals surface area contributed by atoms with Crippen LogP contribution in [-0.2, 0) is 13.0 Å². The third-order valence-corrected chi connectivity index (χ3v) is 4.84. The van der Waals surface area contributed by atoms with Gasteiger partial charge in [0.1, 0.15) is 0 Å². The lowest BCUT2D eigenvalue weighted by Gasteiger charge is -2.29. The van der Waals surface area contributed by atoms with Crippen LogP contribution in [0.1, 0.15) is 57.1 Å². The summed E-state index contributed by atoms with van der Waals surface area (Å²) in [5.41, 5.74) is 8.61. The lowest BCUT2D eigenvalue weighted by atomic mass is 10.0. The van der Waals surface area contributed by atoms with Crippen molar-refractivity contribution in [2.45, 2.75) is 65.0 Å². The van der Waals surface area contributed by atoms with Crippen LogP contribution in [0.5, 0.6) is 0 Å². The fourth-order valence-corrected chi connectivity index (χ4v) is 3.43. The van der Waals surface area contributed by atoms with Gasteiger partial charge in [0.05, 0.1) is 0 Å². The summed E-state index contributed by atoms with van der Waals surface area (Å²) in [5.74, 6) is 0.797. The maximum Gasteiger partial charge on any atom is 0.0180 e. The lowest BCUT2D eigenvalue weighted by Crippen LogP contribution is -2.36. The van der Waals surface area contributed by atoms with Gasteiger partial charge in [0.25, 0.3) is 0 Å². The van der Waals surface area contributed by atoms with E-state index in [1.807, 2.05) is 0 Å². The zero-order valence-corrected chi connectivity index (χ0v) is 13.9. The van der Waals surface area contributed by atoms with Gasteiger partial charge in [0.15, 0.2) is 0 Å². The number of hydrogen-bond donors (Lipinski definition) is 1. The van der Waals surface area contributed by atoms with Crippen molar-refractivity contribution in [3.05, 3.63) is 35.4 Å². The smallest absolute Gasteiger partial charge is 0.0180 e. The first-order valence-corrected chi connectivity index (χ1v) is 8.71. The van der Waals surface area contributed by atoms with E-state index in [2.05, 4.69) is 43.0 Å². The van der Waals surface area contributed by atoms with Gasteiger partial charge in [-0.3, -0.25) is 0 Å². The molecule has 1 aliphatic carbocycles. The first-order chi connectivity index (χ1) is 10.2. The molecule has 2 heteroatoms. The minimum absolute atomic E-state index is 0.658. The molecule has 2 rings (SSSR count).